The summed E-state index contributed by atoms with van der Waals surface area (Å²) >= 11 is 0. The van der Waals surface area contributed by atoms with Crippen LogP contribution in [0.3, 0.4) is 0 Å². The quantitative estimate of drug-likeness (QED) is 0.250. The molecule has 18 heavy (non-hydrogen) atoms. The lowest BCUT2D eigenvalue weighted by molar-refractivity contribution is 0.102. The van der Waals surface area contributed by atoms with Gasteiger partial charge in [-0.1, -0.05) is 0 Å². The van der Waals surface area contributed by atoms with Gasteiger partial charge in [0.1, 0.15) is 19.0 Å². The molecule has 5 N–H and O–H groups in total. The van der Waals surface area contributed by atoms with E-state index in [1.807, 2.05) is 0 Å². The van der Waals surface area contributed by atoms with Gasteiger partial charge in [0, 0.05) is 5.56 Å². The lowest BCUT2D eigenvalue weighted by Crippen LogP contribution is -2.11. The fourth-order valence-corrected chi connectivity index (χ4v) is 1.14. The van der Waals surface area contributed by atoms with Gasteiger partial charge in [0.05, 0.1) is 12.8 Å². The first-order valence-electron chi connectivity index (χ1n) is 4.66. The van der Waals surface area contributed by atoms with Crippen LogP contribution in [0.4, 0.5) is 5.69 Å². The molecular formula is C10H17Cl2N3O3. The van der Waals surface area contributed by atoms with E-state index in [2.05, 4.69) is 4.84 Å². The Balaban J connectivity index is 0. The number of nitrogens with two attached hydrogens (primary N) is 2. The standard InChI is InChI=1S/C10H15N3O3.2ClH/c1-14-10(12)7-2-3-9(8(11)6-7)15-4-5-16-13;;/h2-3,6,12H,4-5,11,13H2,1H3;2*1H. The molecule has 0 heterocycles. The fourth-order valence-electron chi connectivity index (χ4n) is 1.14. The molecule has 0 fully saturated rings. The van der Waals surface area contributed by atoms with E-state index in [-0.39, 0.29) is 37.3 Å². The van der Waals surface area contributed by atoms with Crippen molar-refractivity contribution < 1.29 is 14.3 Å². The molecule has 0 aliphatic heterocycles. The van der Waals surface area contributed by atoms with E-state index in [0.29, 0.717) is 23.6 Å². The maximum absolute atomic E-state index is 7.46. The summed E-state index contributed by atoms with van der Waals surface area (Å²) in [5.41, 5.74) is 6.79. The van der Waals surface area contributed by atoms with Crippen molar-refractivity contribution in [2.45, 2.75) is 0 Å². The Labute approximate surface area is 118 Å². The van der Waals surface area contributed by atoms with Crippen LogP contribution in [0, 0.1) is 5.41 Å². The first-order chi connectivity index (χ1) is 7.69. The molecule has 8 heteroatoms. The molecule has 0 unspecified atom stereocenters. The number of benzene rings is 1. The van der Waals surface area contributed by atoms with Crippen molar-refractivity contribution in [3.63, 3.8) is 0 Å². The number of ether oxygens (including phenoxy) is 2. The summed E-state index contributed by atoms with van der Waals surface area (Å²) < 4.78 is 10.1. The van der Waals surface area contributed by atoms with Gasteiger partial charge < -0.3 is 20.0 Å². The lowest BCUT2D eigenvalue weighted by atomic mass is 10.2. The average Bonchev–Trinajstić information content (AvgIpc) is 2.30. The molecule has 0 spiro atoms. The van der Waals surface area contributed by atoms with E-state index in [0.717, 1.165) is 0 Å². The summed E-state index contributed by atoms with van der Waals surface area (Å²) in [5.74, 6) is 5.45. The van der Waals surface area contributed by atoms with E-state index in [1.165, 1.54) is 7.11 Å². The lowest BCUT2D eigenvalue weighted by Gasteiger charge is -2.09. The highest BCUT2D eigenvalue weighted by Gasteiger charge is 2.05. The van der Waals surface area contributed by atoms with Gasteiger partial charge in [-0.2, -0.15) is 0 Å². The number of hydrogen-bond donors (Lipinski definition) is 3. The summed E-state index contributed by atoms with van der Waals surface area (Å²) in [6.07, 6.45) is 0. The molecular weight excluding hydrogens is 281 g/mol. The molecule has 0 bridgehead atoms. The fraction of sp³-hybridized carbons (Fsp3) is 0.300. The van der Waals surface area contributed by atoms with Gasteiger partial charge in [-0.05, 0) is 18.2 Å². The van der Waals surface area contributed by atoms with Crippen LogP contribution in [0.25, 0.3) is 0 Å². The molecule has 0 aliphatic carbocycles. The van der Waals surface area contributed by atoms with E-state index < -0.39 is 0 Å². The second-order valence-electron chi connectivity index (χ2n) is 3.01. The van der Waals surface area contributed by atoms with Gasteiger partial charge in [-0.25, -0.2) is 5.90 Å². The maximum Gasteiger partial charge on any atom is 0.212 e. The first kappa shape index (κ1) is 19.1. The van der Waals surface area contributed by atoms with Crippen molar-refractivity contribution in [1.82, 2.24) is 0 Å². The zero-order valence-electron chi connectivity index (χ0n) is 9.84. The second-order valence-corrected chi connectivity index (χ2v) is 3.01. The Bertz CT molecular complexity index is 377. The normalized spacial score (nSPS) is 8.78. The van der Waals surface area contributed by atoms with Crippen LogP contribution in [0.1, 0.15) is 5.56 Å². The van der Waals surface area contributed by atoms with Crippen molar-refractivity contribution >= 4 is 36.4 Å². The Morgan fingerprint density at radius 3 is 2.44 bits per heavy atom. The van der Waals surface area contributed by atoms with Crippen molar-refractivity contribution in [1.29, 1.82) is 5.41 Å². The van der Waals surface area contributed by atoms with E-state index in [4.69, 9.17) is 26.5 Å². The van der Waals surface area contributed by atoms with Crippen molar-refractivity contribution in [3.8, 4) is 5.75 Å². The molecule has 0 aliphatic rings. The molecule has 1 aromatic carbocycles. The van der Waals surface area contributed by atoms with Gasteiger partial charge in [0.2, 0.25) is 5.90 Å². The summed E-state index contributed by atoms with van der Waals surface area (Å²) in [6.45, 7) is 0.608. The molecule has 0 radical (unpaired) electrons. The van der Waals surface area contributed by atoms with Crippen LogP contribution >= 0.6 is 24.8 Å². The Morgan fingerprint density at radius 1 is 1.28 bits per heavy atom. The third kappa shape index (κ3) is 5.42. The highest BCUT2D eigenvalue weighted by atomic mass is 35.5. The van der Waals surface area contributed by atoms with Crippen molar-refractivity contribution in [2.24, 2.45) is 5.90 Å². The molecule has 104 valence electrons. The first-order valence-corrected chi connectivity index (χ1v) is 4.66. The summed E-state index contributed by atoms with van der Waals surface area (Å²) in [4.78, 5) is 4.36. The average molecular weight is 298 g/mol. The highest BCUT2D eigenvalue weighted by molar-refractivity contribution is 5.92. The predicted octanol–water partition coefficient (Wildman–Crippen LogP) is 1.35. The van der Waals surface area contributed by atoms with Crippen LogP contribution in [0.5, 0.6) is 5.75 Å². The summed E-state index contributed by atoms with van der Waals surface area (Å²) in [7, 11) is 1.43. The van der Waals surface area contributed by atoms with Crippen LogP contribution in [0.2, 0.25) is 0 Å². The van der Waals surface area contributed by atoms with Crippen LogP contribution in [-0.2, 0) is 9.57 Å². The van der Waals surface area contributed by atoms with Gasteiger partial charge in [-0.15, -0.1) is 24.8 Å². The van der Waals surface area contributed by atoms with Gasteiger partial charge in [0.15, 0.2) is 0 Å². The smallest absolute Gasteiger partial charge is 0.212 e. The maximum atomic E-state index is 7.46. The minimum atomic E-state index is 0. The number of hydrogen-bond acceptors (Lipinski definition) is 6. The number of anilines is 1. The van der Waals surface area contributed by atoms with Crippen LogP contribution < -0.4 is 16.4 Å². The molecule has 0 atom stereocenters. The van der Waals surface area contributed by atoms with Gasteiger partial charge in [-0.3, -0.25) is 5.41 Å². The minimum absolute atomic E-state index is 0. The number of methoxy groups -OCH3 is 1. The summed E-state index contributed by atoms with van der Waals surface area (Å²) in [5, 5.41) is 7.46. The molecule has 0 aromatic heterocycles. The monoisotopic (exact) mass is 297 g/mol. The minimum Gasteiger partial charge on any atom is -0.489 e. The Kier molecular flexibility index (Phi) is 10.4. The molecule has 0 amide bonds. The number of nitrogen functional groups attached to an aromatic ring is 1. The van der Waals surface area contributed by atoms with Gasteiger partial charge in [0.25, 0.3) is 0 Å². The van der Waals surface area contributed by atoms with Crippen LogP contribution in [0.15, 0.2) is 18.2 Å². The third-order valence-corrected chi connectivity index (χ3v) is 1.93. The van der Waals surface area contributed by atoms with Crippen molar-refractivity contribution in [2.75, 3.05) is 26.1 Å². The Hall–Kier alpha value is -1.21. The predicted molar refractivity (Wildman–Crippen MR) is 74.8 cm³/mol. The van der Waals surface area contributed by atoms with Crippen LogP contribution in [-0.4, -0.2) is 26.2 Å². The van der Waals surface area contributed by atoms with E-state index >= 15 is 0 Å². The Morgan fingerprint density at radius 2 is 1.94 bits per heavy atom. The molecule has 1 rings (SSSR count). The molecule has 6 nitrogen and oxygen atoms in total. The highest BCUT2D eigenvalue weighted by Crippen LogP contribution is 2.22. The zero-order chi connectivity index (χ0) is 12.0. The van der Waals surface area contributed by atoms with Crippen molar-refractivity contribution in [3.05, 3.63) is 23.8 Å². The number of nitrogens with one attached hydrogen (secondary N) is 1. The topological polar surface area (TPSA) is 104 Å². The van der Waals surface area contributed by atoms with Gasteiger partial charge >= 0.3 is 0 Å². The third-order valence-electron chi connectivity index (χ3n) is 1.93. The molecule has 1 aromatic rings. The molecule has 0 saturated carbocycles. The second kappa shape index (κ2) is 9.78. The largest absolute Gasteiger partial charge is 0.489 e. The summed E-state index contributed by atoms with van der Waals surface area (Å²) in [6, 6.07) is 4.99. The molecule has 0 saturated heterocycles. The SMILES string of the molecule is COC(=N)c1ccc(OCCON)c(N)c1.Cl.Cl. The number of halogens is 2. The van der Waals surface area contributed by atoms with E-state index in [9.17, 15) is 0 Å². The zero-order valence-corrected chi connectivity index (χ0v) is 11.5. The van der Waals surface area contributed by atoms with E-state index in [1.54, 1.807) is 18.2 Å². The number of rotatable bonds is 5.